The van der Waals surface area contributed by atoms with E-state index in [4.69, 9.17) is 33.2 Å². The summed E-state index contributed by atoms with van der Waals surface area (Å²) in [6.07, 6.45) is 0. The SMILES string of the molecule is c1ccc(-c2nc(-c3ccc(-c4ccc5c6nc(-c7ccccc7)oc6c6cccc7oc4c5c76)cc3)nc(-c3cccc4oc5ccccc5c34)n2)cc1. The molecule has 0 atom stereocenters. The summed E-state index contributed by atoms with van der Waals surface area (Å²) in [5, 5.41) is 6.07. The molecule has 0 bridgehead atoms. The van der Waals surface area contributed by atoms with Crippen molar-refractivity contribution in [2.24, 2.45) is 0 Å². The summed E-state index contributed by atoms with van der Waals surface area (Å²) in [7, 11) is 0. The number of oxazole rings is 1. The Kier molecular flexibility index (Phi) is 6.21. The zero-order valence-electron chi connectivity index (χ0n) is 29.0. The minimum absolute atomic E-state index is 0.580. The Morgan fingerprint density at radius 1 is 0.309 bits per heavy atom. The fourth-order valence-electron chi connectivity index (χ4n) is 8.03. The van der Waals surface area contributed by atoms with Gasteiger partial charge in [-0.2, -0.15) is 0 Å². The van der Waals surface area contributed by atoms with Crippen molar-refractivity contribution in [1.29, 1.82) is 0 Å². The van der Waals surface area contributed by atoms with Crippen molar-refractivity contribution in [2.45, 2.75) is 0 Å². The Hall–Kier alpha value is -7.64. The van der Waals surface area contributed by atoms with Gasteiger partial charge in [0.2, 0.25) is 5.89 Å². The van der Waals surface area contributed by atoms with Crippen LogP contribution in [0, 0.1) is 0 Å². The second-order valence-corrected chi connectivity index (χ2v) is 13.7. The van der Waals surface area contributed by atoms with Gasteiger partial charge in [0, 0.05) is 60.1 Å². The second kappa shape index (κ2) is 11.4. The third-order valence-corrected chi connectivity index (χ3v) is 10.6. The van der Waals surface area contributed by atoms with E-state index >= 15 is 0 Å². The molecule has 7 heteroatoms. The van der Waals surface area contributed by atoms with Crippen LogP contribution < -0.4 is 0 Å². The summed E-state index contributed by atoms with van der Waals surface area (Å²) in [6, 6.07) is 52.8. The maximum absolute atomic E-state index is 6.65. The number of hydrogen-bond donors (Lipinski definition) is 0. The molecule has 0 saturated carbocycles. The Bertz CT molecular complexity index is 3420. The molecular formula is C48H26N4O3. The number of benzene rings is 8. The molecule has 4 heterocycles. The molecule has 0 saturated heterocycles. The van der Waals surface area contributed by atoms with Crippen LogP contribution in [0.25, 0.3) is 122 Å². The quantitative estimate of drug-likeness (QED) is 0.165. The van der Waals surface area contributed by atoms with E-state index in [1.807, 2.05) is 109 Å². The molecule has 0 aliphatic carbocycles. The summed E-state index contributed by atoms with van der Waals surface area (Å²) in [5.74, 6) is 2.36. The highest BCUT2D eigenvalue weighted by atomic mass is 16.4. The average Bonchev–Trinajstić information content (AvgIpc) is 3.99. The van der Waals surface area contributed by atoms with Crippen LogP contribution in [0.1, 0.15) is 0 Å². The fourth-order valence-corrected chi connectivity index (χ4v) is 8.03. The number of hydrogen-bond acceptors (Lipinski definition) is 7. The van der Waals surface area contributed by atoms with Crippen molar-refractivity contribution >= 4 is 65.7 Å². The molecule has 0 aliphatic rings. The summed E-state index contributed by atoms with van der Waals surface area (Å²) < 4.78 is 19.3. The van der Waals surface area contributed by atoms with Crippen LogP contribution >= 0.6 is 0 Å². The zero-order valence-corrected chi connectivity index (χ0v) is 29.0. The third kappa shape index (κ3) is 4.50. The lowest BCUT2D eigenvalue weighted by Crippen LogP contribution is -2.00. The van der Waals surface area contributed by atoms with Gasteiger partial charge in [0.05, 0.1) is 0 Å². The van der Waals surface area contributed by atoms with Gasteiger partial charge in [0.1, 0.15) is 27.8 Å². The smallest absolute Gasteiger partial charge is 0.227 e. The molecular weight excluding hydrogens is 681 g/mol. The molecule has 0 fully saturated rings. The van der Waals surface area contributed by atoms with Crippen LogP contribution in [-0.4, -0.2) is 19.9 Å². The second-order valence-electron chi connectivity index (χ2n) is 13.7. The molecule has 12 aromatic rings. The standard InChI is InChI=1S/C48H26N4O3/c1-3-11-28(12-4-1)45-50-46(52-47(51-45)35-17-10-19-37-39(35)32-15-7-8-18-36(32)53-37)29-23-21-27(22-24-29)31-25-26-33-41-40-34(16-9-20-38(40)54-43(31)41)44-42(33)49-48(55-44)30-13-5-2-6-14-30/h1-26H. The monoisotopic (exact) mass is 706 g/mol. The highest BCUT2D eigenvalue weighted by Gasteiger charge is 2.24. The highest BCUT2D eigenvalue weighted by molar-refractivity contribution is 6.32. The van der Waals surface area contributed by atoms with E-state index < -0.39 is 0 Å². The summed E-state index contributed by atoms with van der Waals surface area (Å²) in [4.78, 5) is 20.1. The normalized spacial score (nSPS) is 12.0. The van der Waals surface area contributed by atoms with Crippen LogP contribution in [0.15, 0.2) is 171 Å². The Balaban J connectivity index is 1.01. The molecule has 0 amide bonds. The third-order valence-electron chi connectivity index (χ3n) is 10.6. The van der Waals surface area contributed by atoms with Gasteiger partial charge in [0.25, 0.3) is 0 Å². The van der Waals surface area contributed by atoms with Crippen molar-refractivity contribution < 1.29 is 13.3 Å². The molecule has 4 aromatic heterocycles. The lowest BCUT2D eigenvalue weighted by Gasteiger charge is -2.10. The van der Waals surface area contributed by atoms with Crippen molar-refractivity contribution in [3.8, 4) is 56.7 Å². The van der Waals surface area contributed by atoms with Gasteiger partial charge < -0.3 is 13.3 Å². The Morgan fingerprint density at radius 3 is 1.73 bits per heavy atom. The molecule has 0 spiro atoms. The topological polar surface area (TPSA) is 91.0 Å². The number of aromatic nitrogens is 4. The molecule has 8 aromatic carbocycles. The minimum Gasteiger partial charge on any atom is -0.456 e. The molecule has 0 N–H and O–H groups in total. The van der Waals surface area contributed by atoms with Crippen molar-refractivity contribution in [3.05, 3.63) is 158 Å². The number of rotatable bonds is 5. The number of para-hydroxylation sites is 1. The lowest BCUT2D eigenvalue weighted by molar-refractivity contribution is 0.623. The van der Waals surface area contributed by atoms with Gasteiger partial charge >= 0.3 is 0 Å². The van der Waals surface area contributed by atoms with Crippen LogP contribution in [-0.2, 0) is 0 Å². The molecule has 55 heavy (non-hydrogen) atoms. The maximum Gasteiger partial charge on any atom is 0.227 e. The van der Waals surface area contributed by atoms with Crippen molar-refractivity contribution in [1.82, 2.24) is 19.9 Å². The molecule has 0 radical (unpaired) electrons. The van der Waals surface area contributed by atoms with E-state index in [9.17, 15) is 0 Å². The van der Waals surface area contributed by atoms with Gasteiger partial charge in [-0.05, 0) is 42.0 Å². The van der Waals surface area contributed by atoms with Gasteiger partial charge in [-0.3, -0.25) is 0 Å². The van der Waals surface area contributed by atoms with E-state index in [1.165, 1.54) is 0 Å². The van der Waals surface area contributed by atoms with Crippen molar-refractivity contribution in [2.75, 3.05) is 0 Å². The van der Waals surface area contributed by atoms with Gasteiger partial charge in [0.15, 0.2) is 23.1 Å². The molecule has 0 unspecified atom stereocenters. The lowest BCUT2D eigenvalue weighted by atomic mass is 9.95. The molecule has 12 rings (SSSR count). The summed E-state index contributed by atoms with van der Waals surface area (Å²) in [6.45, 7) is 0. The fraction of sp³-hybridized carbons (Fsp3) is 0. The van der Waals surface area contributed by atoms with E-state index in [0.717, 1.165) is 99.1 Å². The first-order valence-corrected chi connectivity index (χ1v) is 18.1. The van der Waals surface area contributed by atoms with Gasteiger partial charge in [-0.25, -0.2) is 19.9 Å². The number of furan rings is 2. The number of nitrogens with zero attached hydrogens (tertiary/aromatic N) is 4. The minimum atomic E-state index is 0.580. The predicted octanol–water partition coefficient (Wildman–Crippen LogP) is 12.7. The van der Waals surface area contributed by atoms with Crippen LogP contribution in [0.3, 0.4) is 0 Å². The van der Waals surface area contributed by atoms with Crippen LogP contribution in [0.2, 0.25) is 0 Å². The maximum atomic E-state index is 6.65. The van der Waals surface area contributed by atoms with Crippen LogP contribution in [0.4, 0.5) is 0 Å². The molecule has 0 aliphatic heterocycles. The average molecular weight is 707 g/mol. The first-order chi connectivity index (χ1) is 27.2. The summed E-state index contributed by atoms with van der Waals surface area (Å²) >= 11 is 0. The number of fused-ring (bicyclic) bond motifs is 6. The largest absolute Gasteiger partial charge is 0.456 e. The molecule has 7 nitrogen and oxygen atoms in total. The zero-order chi connectivity index (χ0) is 36.0. The van der Waals surface area contributed by atoms with E-state index in [-0.39, 0.29) is 0 Å². The van der Waals surface area contributed by atoms with E-state index in [2.05, 4.69) is 48.5 Å². The Labute approximate surface area is 312 Å². The first kappa shape index (κ1) is 29.9. The predicted molar refractivity (Wildman–Crippen MR) is 218 cm³/mol. The van der Waals surface area contributed by atoms with E-state index in [0.29, 0.717) is 23.4 Å². The summed E-state index contributed by atoms with van der Waals surface area (Å²) in [5.41, 5.74) is 10.4. The first-order valence-electron chi connectivity index (χ1n) is 18.1. The Morgan fingerprint density at radius 2 is 0.927 bits per heavy atom. The highest BCUT2D eigenvalue weighted by Crippen LogP contribution is 2.46. The molecule has 256 valence electrons. The van der Waals surface area contributed by atoms with Crippen molar-refractivity contribution in [3.63, 3.8) is 0 Å². The van der Waals surface area contributed by atoms with Gasteiger partial charge in [-0.15, -0.1) is 0 Å². The van der Waals surface area contributed by atoms with Crippen LogP contribution in [0.5, 0.6) is 0 Å². The van der Waals surface area contributed by atoms with Gasteiger partial charge in [-0.1, -0.05) is 121 Å². The van der Waals surface area contributed by atoms with E-state index in [1.54, 1.807) is 0 Å².